The molecule has 0 aliphatic heterocycles. The van der Waals surface area contributed by atoms with Crippen molar-refractivity contribution < 1.29 is 0 Å². The van der Waals surface area contributed by atoms with Crippen LogP contribution in [0.4, 0.5) is 5.82 Å². The van der Waals surface area contributed by atoms with E-state index in [1.54, 1.807) is 0 Å². The fourth-order valence-electron chi connectivity index (χ4n) is 1.56. The molecule has 1 aromatic rings. The van der Waals surface area contributed by atoms with Gasteiger partial charge in [0.05, 0.1) is 0 Å². The Morgan fingerprint density at radius 2 is 2.00 bits per heavy atom. The molecule has 90 valence electrons. The van der Waals surface area contributed by atoms with Gasteiger partial charge in [0.15, 0.2) is 0 Å². The zero-order valence-corrected chi connectivity index (χ0v) is 11.1. The summed E-state index contributed by atoms with van der Waals surface area (Å²) in [7, 11) is 0. The summed E-state index contributed by atoms with van der Waals surface area (Å²) in [5, 5.41) is 0.539. The summed E-state index contributed by atoms with van der Waals surface area (Å²) in [6.07, 6.45) is 3.19. The van der Waals surface area contributed by atoms with Gasteiger partial charge in [-0.05, 0) is 13.3 Å². The lowest BCUT2D eigenvalue weighted by molar-refractivity contribution is 0.719. The molecule has 4 heteroatoms. The molecule has 0 N–H and O–H groups in total. The van der Waals surface area contributed by atoms with Gasteiger partial charge in [-0.3, -0.25) is 0 Å². The minimum atomic E-state index is 0.539. The molecule has 3 nitrogen and oxygen atoms in total. The quantitative estimate of drug-likeness (QED) is 0.716. The van der Waals surface area contributed by atoms with E-state index in [9.17, 15) is 0 Å². The smallest absolute Gasteiger partial charge is 0.134 e. The number of unbranched alkanes of at least 4 members (excludes halogenated alkanes) is 1. The second kappa shape index (κ2) is 6.69. The molecule has 16 heavy (non-hydrogen) atoms. The molecule has 1 rings (SSSR count). The molecule has 0 spiro atoms. The molecule has 0 aliphatic rings. The third-order valence-corrected chi connectivity index (χ3v) is 2.72. The highest BCUT2D eigenvalue weighted by Gasteiger charge is 2.08. The van der Waals surface area contributed by atoms with E-state index in [4.69, 9.17) is 11.6 Å². The molecule has 0 fully saturated rings. The van der Waals surface area contributed by atoms with Crippen molar-refractivity contribution in [1.29, 1.82) is 0 Å². The molecule has 0 saturated carbocycles. The summed E-state index contributed by atoms with van der Waals surface area (Å²) < 4.78 is 0. The van der Waals surface area contributed by atoms with Crippen molar-refractivity contribution in [1.82, 2.24) is 9.97 Å². The Balaban J connectivity index is 2.86. The lowest BCUT2D eigenvalue weighted by Gasteiger charge is -2.22. The fourth-order valence-corrected chi connectivity index (χ4v) is 1.75. The van der Waals surface area contributed by atoms with Crippen molar-refractivity contribution in [2.24, 2.45) is 0 Å². The number of nitrogens with zero attached hydrogens (tertiary/aromatic N) is 3. The fraction of sp³-hybridized carbons (Fsp3) is 0.667. The lowest BCUT2D eigenvalue weighted by atomic mass is 10.3. The van der Waals surface area contributed by atoms with Crippen LogP contribution in [0.25, 0.3) is 0 Å². The van der Waals surface area contributed by atoms with Gasteiger partial charge in [0.2, 0.25) is 0 Å². The minimum absolute atomic E-state index is 0.539. The van der Waals surface area contributed by atoms with Gasteiger partial charge < -0.3 is 4.90 Å². The van der Waals surface area contributed by atoms with E-state index in [-0.39, 0.29) is 0 Å². The van der Waals surface area contributed by atoms with E-state index in [0.29, 0.717) is 5.15 Å². The number of halogens is 1. The number of hydrogen-bond donors (Lipinski definition) is 0. The Kier molecular flexibility index (Phi) is 5.53. The van der Waals surface area contributed by atoms with Crippen molar-refractivity contribution in [3.8, 4) is 0 Å². The number of aryl methyl sites for hydroxylation is 1. The van der Waals surface area contributed by atoms with Crippen LogP contribution in [0, 0.1) is 0 Å². The average Bonchev–Trinajstić information content (AvgIpc) is 2.29. The Hall–Kier alpha value is -0.830. The van der Waals surface area contributed by atoms with E-state index < -0.39 is 0 Å². The minimum Gasteiger partial charge on any atom is -0.357 e. The molecule has 1 aromatic heterocycles. The van der Waals surface area contributed by atoms with Crippen LogP contribution in [0.15, 0.2) is 6.07 Å². The van der Waals surface area contributed by atoms with E-state index in [2.05, 4.69) is 28.7 Å². The first-order valence-electron chi connectivity index (χ1n) is 5.99. The topological polar surface area (TPSA) is 29.0 Å². The molecule has 0 unspecified atom stereocenters. The molecule has 0 amide bonds. The van der Waals surface area contributed by atoms with Gasteiger partial charge in [0.25, 0.3) is 0 Å². The highest BCUT2D eigenvalue weighted by Crippen LogP contribution is 2.16. The molecular weight excluding hydrogens is 222 g/mol. The van der Waals surface area contributed by atoms with Gasteiger partial charge in [0, 0.05) is 25.6 Å². The van der Waals surface area contributed by atoms with Gasteiger partial charge in [-0.15, -0.1) is 0 Å². The van der Waals surface area contributed by atoms with Crippen LogP contribution < -0.4 is 4.90 Å². The summed E-state index contributed by atoms with van der Waals surface area (Å²) >= 11 is 5.99. The molecule has 0 aromatic carbocycles. The lowest BCUT2D eigenvalue weighted by Crippen LogP contribution is -2.25. The monoisotopic (exact) mass is 241 g/mol. The van der Waals surface area contributed by atoms with E-state index in [1.807, 2.05) is 13.0 Å². The van der Waals surface area contributed by atoms with Crippen molar-refractivity contribution in [2.45, 2.75) is 40.0 Å². The Morgan fingerprint density at radius 1 is 1.25 bits per heavy atom. The van der Waals surface area contributed by atoms with Crippen LogP contribution in [0.1, 0.15) is 39.4 Å². The number of hydrogen-bond acceptors (Lipinski definition) is 3. The zero-order chi connectivity index (χ0) is 12.0. The molecular formula is C12H20ClN3. The van der Waals surface area contributed by atoms with Gasteiger partial charge in [-0.25, -0.2) is 9.97 Å². The van der Waals surface area contributed by atoms with E-state index in [0.717, 1.165) is 31.2 Å². The first-order chi connectivity index (χ1) is 7.71. The predicted molar refractivity (Wildman–Crippen MR) is 69.2 cm³/mol. The van der Waals surface area contributed by atoms with Gasteiger partial charge >= 0.3 is 0 Å². The molecule has 1 heterocycles. The zero-order valence-electron chi connectivity index (χ0n) is 10.3. The van der Waals surface area contributed by atoms with Gasteiger partial charge in [-0.2, -0.15) is 0 Å². The first kappa shape index (κ1) is 13.2. The highest BCUT2D eigenvalue weighted by molar-refractivity contribution is 6.29. The number of anilines is 1. The van der Waals surface area contributed by atoms with Crippen LogP contribution in [0.2, 0.25) is 5.15 Å². The summed E-state index contributed by atoms with van der Waals surface area (Å²) in [6.45, 7) is 8.35. The Morgan fingerprint density at radius 3 is 2.56 bits per heavy atom. The molecule has 0 atom stereocenters. The predicted octanol–water partition coefficient (Wildman–Crippen LogP) is 3.32. The molecule has 0 aliphatic carbocycles. The number of rotatable bonds is 6. The standard InChI is InChI=1S/C12H20ClN3/c1-4-7-8-16(6-3)12-9-10(13)14-11(5-2)15-12/h9H,4-8H2,1-3H3. The van der Waals surface area contributed by atoms with Crippen molar-refractivity contribution in [2.75, 3.05) is 18.0 Å². The summed E-state index contributed by atoms with van der Waals surface area (Å²) in [5.74, 6) is 1.77. The maximum Gasteiger partial charge on any atom is 0.134 e. The largest absolute Gasteiger partial charge is 0.357 e. The van der Waals surface area contributed by atoms with Crippen molar-refractivity contribution >= 4 is 17.4 Å². The SMILES string of the molecule is CCCCN(CC)c1cc(Cl)nc(CC)n1. The summed E-state index contributed by atoms with van der Waals surface area (Å²) in [4.78, 5) is 10.9. The van der Waals surface area contributed by atoms with E-state index in [1.165, 1.54) is 12.8 Å². The summed E-state index contributed by atoms with van der Waals surface area (Å²) in [5.41, 5.74) is 0. The first-order valence-corrected chi connectivity index (χ1v) is 6.37. The maximum atomic E-state index is 5.99. The molecule has 0 saturated heterocycles. The van der Waals surface area contributed by atoms with Gasteiger partial charge in [-0.1, -0.05) is 31.9 Å². The van der Waals surface area contributed by atoms with Crippen LogP contribution in [0.5, 0.6) is 0 Å². The van der Waals surface area contributed by atoms with Crippen molar-refractivity contribution in [3.63, 3.8) is 0 Å². The Labute approximate surface area is 103 Å². The summed E-state index contributed by atoms with van der Waals surface area (Å²) in [6, 6.07) is 1.85. The maximum absolute atomic E-state index is 5.99. The third kappa shape index (κ3) is 3.63. The van der Waals surface area contributed by atoms with Crippen LogP contribution in [-0.2, 0) is 6.42 Å². The second-order valence-corrected chi connectivity index (χ2v) is 4.14. The van der Waals surface area contributed by atoms with Crippen molar-refractivity contribution in [3.05, 3.63) is 17.0 Å². The Bertz CT molecular complexity index is 328. The normalized spacial score (nSPS) is 10.5. The van der Waals surface area contributed by atoms with Crippen LogP contribution >= 0.6 is 11.6 Å². The van der Waals surface area contributed by atoms with Crippen LogP contribution in [0.3, 0.4) is 0 Å². The molecule has 0 radical (unpaired) electrons. The van der Waals surface area contributed by atoms with Gasteiger partial charge in [0.1, 0.15) is 16.8 Å². The highest BCUT2D eigenvalue weighted by atomic mass is 35.5. The molecule has 0 bridgehead atoms. The average molecular weight is 242 g/mol. The second-order valence-electron chi connectivity index (χ2n) is 3.75. The number of aromatic nitrogens is 2. The van der Waals surface area contributed by atoms with Crippen LogP contribution in [-0.4, -0.2) is 23.1 Å². The van der Waals surface area contributed by atoms with E-state index >= 15 is 0 Å². The third-order valence-electron chi connectivity index (χ3n) is 2.53.